The number of fused-ring (bicyclic) bond motifs is 2. The van der Waals surface area contributed by atoms with Gasteiger partial charge in [-0.05, 0) is 44.3 Å². The summed E-state index contributed by atoms with van der Waals surface area (Å²) in [4.78, 5) is 33.0. The lowest BCUT2D eigenvalue weighted by Gasteiger charge is -2.28. The van der Waals surface area contributed by atoms with Crippen molar-refractivity contribution in [3.63, 3.8) is 0 Å². The molecule has 2 amide bonds. The van der Waals surface area contributed by atoms with Gasteiger partial charge in [0.25, 0.3) is 11.8 Å². The Hall–Kier alpha value is -3.06. The minimum Gasteiger partial charge on any atom is -0.304 e. The molecule has 4 rings (SSSR count). The van der Waals surface area contributed by atoms with Crippen LogP contribution in [-0.4, -0.2) is 63.5 Å². The van der Waals surface area contributed by atoms with Gasteiger partial charge in [-0.2, -0.15) is 5.10 Å². The van der Waals surface area contributed by atoms with E-state index in [1.807, 2.05) is 25.1 Å². The number of likely N-dealkylation sites (N-methyl/N-ethyl adjacent to an activating group) is 1. The Labute approximate surface area is 150 Å². The van der Waals surface area contributed by atoms with Crippen molar-refractivity contribution in [2.75, 3.05) is 20.6 Å². The molecule has 7 nitrogen and oxygen atoms in total. The predicted molar refractivity (Wildman–Crippen MR) is 96.9 cm³/mol. The lowest BCUT2D eigenvalue weighted by atomic mass is 10.1. The lowest BCUT2D eigenvalue weighted by molar-refractivity contribution is 0.0612. The van der Waals surface area contributed by atoms with Gasteiger partial charge < -0.3 is 4.90 Å². The summed E-state index contributed by atoms with van der Waals surface area (Å²) in [5.41, 5.74) is 2.75. The second-order valence-corrected chi connectivity index (χ2v) is 6.74. The van der Waals surface area contributed by atoms with E-state index in [-0.39, 0.29) is 17.9 Å². The molecule has 7 heteroatoms. The molecule has 0 saturated carbocycles. The smallest absolute Gasteiger partial charge is 0.261 e. The summed E-state index contributed by atoms with van der Waals surface area (Å²) in [6, 6.07) is 8.99. The molecular formula is C19H19N5O2. The molecule has 1 N–H and O–H groups in total. The molecule has 1 unspecified atom stereocenters. The highest BCUT2D eigenvalue weighted by Gasteiger charge is 2.36. The SMILES string of the molecule is CN(C)C(Cc1cnc2[nH]ncc2c1)CN1C(=O)c2ccccc2C1=O. The zero-order valence-electron chi connectivity index (χ0n) is 14.6. The number of nitrogens with zero attached hydrogens (tertiary/aromatic N) is 4. The van der Waals surface area contributed by atoms with Crippen molar-refractivity contribution < 1.29 is 9.59 Å². The summed E-state index contributed by atoms with van der Waals surface area (Å²) >= 11 is 0. The normalized spacial score (nSPS) is 15.1. The first-order chi connectivity index (χ1) is 12.5. The van der Waals surface area contributed by atoms with Crippen LogP contribution >= 0.6 is 0 Å². The van der Waals surface area contributed by atoms with Crippen LogP contribution in [0.15, 0.2) is 42.7 Å². The van der Waals surface area contributed by atoms with Gasteiger partial charge in [-0.15, -0.1) is 0 Å². The Balaban J connectivity index is 1.56. The van der Waals surface area contributed by atoms with Crippen molar-refractivity contribution >= 4 is 22.8 Å². The molecule has 132 valence electrons. The molecule has 3 aromatic rings. The number of pyridine rings is 1. The summed E-state index contributed by atoms with van der Waals surface area (Å²) in [7, 11) is 3.90. The standard InChI is InChI=1S/C19H19N5O2/c1-23(2)14(8-12-7-13-10-21-22-17(13)20-9-12)11-24-18(25)15-5-3-4-6-16(15)19(24)26/h3-7,9-10,14H,8,11H2,1-2H3,(H,20,21,22). The number of aromatic nitrogens is 3. The minimum absolute atomic E-state index is 0.0108. The number of carbonyl (C=O) groups excluding carboxylic acids is 2. The number of carbonyl (C=O) groups is 2. The number of rotatable bonds is 5. The first-order valence-corrected chi connectivity index (χ1v) is 8.44. The summed E-state index contributed by atoms with van der Waals surface area (Å²) in [5.74, 6) is -0.443. The van der Waals surface area contributed by atoms with Crippen LogP contribution in [0, 0.1) is 0 Å². The molecule has 0 saturated heterocycles. The van der Waals surface area contributed by atoms with E-state index in [2.05, 4.69) is 15.2 Å². The van der Waals surface area contributed by atoms with Gasteiger partial charge in [0.2, 0.25) is 0 Å². The molecular weight excluding hydrogens is 330 g/mol. The van der Waals surface area contributed by atoms with Crippen LogP contribution in [0.1, 0.15) is 26.3 Å². The molecule has 1 aliphatic heterocycles. The van der Waals surface area contributed by atoms with Gasteiger partial charge in [-0.25, -0.2) is 4.98 Å². The number of aromatic amines is 1. The second kappa shape index (κ2) is 6.34. The number of hydrogen-bond acceptors (Lipinski definition) is 5. The maximum Gasteiger partial charge on any atom is 0.261 e. The fraction of sp³-hybridized carbons (Fsp3) is 0.263. The van der Waals surface area contributed by atoms with Gasteiger partial charge in [-0.1, -0.05) is 12.1 Å². The fourth-order valence-corrected chi connectivity index (χ4v) is 3.29. The lowest BCUT2D eigenvalue weighted by Crippen LogP contribution is -2.44. The summed E-state index contributed by atoms with van der Waals surface area (Å²) < 4.78 is 0. The maximum atomic E-state index is 12.6. The van der Waals surface area contributed by atoms with Crippen LogP contribution in [0.3, 0.4) is 0 Å². The molecule has 0 radical (unpaired) electrons. The zero-order valence-corrected chi connectivity index (χ0v) is 14.6. The largest absolute Gasteiger partial charge is 0.304 e. The van der Waals surface area contributed by atoms with Gasteiger partial charge >= 0.3 is 0 Å². The van der Waals surface area contributed by atoms with Gasteiger partial charge in [0, 0.05) is 24.2 Å². The average Bonchev–Trinajstić information content (AvgIpc) is 3.19. The third kappa shape index (κ3) is 2.76. The maximum absolute atomic E-state index is 12.6. The molecule has 2 aromatic heterocycles. The van der Waals surface area contributed by atoms with Gasteiger partial charge in [-0.3, -0.25) is 19.6 Å². The van der Waals surface area contributed by atoms with Crippen molar-refractivity contribution in [3.8, 4) is 0 Å². The highest BCUT2D eigenvalue weighted by Crippen LogP contribution is 2.23. The topological polar surface area (TPSA) is 82.2 Å². The molecule has 26 heavy (non-hydrogen) atoms. The molecule has 0 spiro atoms. The third-order valence-corrected chi connectivity index (χ3v) is 4.82. The Kier molecular flexibility index (Phi) is 4.00. The van der Waals surface area contributed by atoms with Crippen LogP contribution in [-0.2, 0) is 6.42 Å². The van der Waals surface area contributed by atoms with Crippen molar-refractivity contribution in [1.29, 1.82) is 0 Å². The first-order valence-electron chi connectivity index (χ1n) is 8.44. The molecule has 1 aromatic carbocycles. The quantitative estimate of drug-likeness (QED) is 0.710. The molecule has 3 heterocycles. The molecule has 0 aliphatic carbocycles. The van der Waals surface area contributed by atoms with Gasteiger partial charge in [0.05, 0.1) is 17.3 Å². The van der Waals surface area contributed by atoms with Crippen LogP contribution < -0.4 is 0 Å². The third-order valence-electron chi connectivity index (χ3n) is 4.82. The van der Waals surface area contributed by atoms with E-state index in [4.69, 9.17) is 0 Å². The van der Waals surface area contributed by atoms with Gasteiger partial charge in [0.1, 0.15) is 0 Å². The van der Waals surface area contributed by atoms with Crippen molar-refractivity contribution in [2.45, 2.75) is 12.5 Å². The number of nitrogens with one attached hydrogen (secondary N) is 1. The zero-order chi connectivity index (χ0) is 18.3. The molecule has 1 atom stereocenters. The van der Waals surface area contributed by atoms with Gasteiger partial charge in [0.15, 0.2) is 5.65 Å². The van der Waals surface area contributed by atoms with E-state index in [0.717, 1.165) is 16.6 Å². The Morgan fingerprint density at radius 2 is 1.81 bits per heavy atom. The summed E-state index contributed by atoms with van der Waals surface area (Å²) in [6.45, 7) is 0.336. The van der Waals surface area contributed by atoms with Crippen molar-refractivity contribution in [3.05, 3.63) is 59.4 Å². The number of amides is 2. The number of hydrogen-bond donors (Lipinski definition) is 1. The molecule has 0 fully saturated rings. The highest BCUT2D eigenvalue weighted by molar-refractivity contribution is 6.21. The second-order valence-electron chi connectivity index (χ2n) is 6.74. The van der Waals surface area contributed by atoms with Crippen LogP contribution in [0.5, 0.6) is 0 Å². The Morgan fingerprint density at radius 1 is 1.12 bits per heavy atom. The predicted octanol–water partition coefficient (Wildman–Crippen LogP) is 1.73. The fourth-order valence-electron chi connectivity index (χ4n) is 3.29. The number of H-pyrrole nitrogens is 1. The van der Waals surface area contributed by atoms with E-state index in [0.29, 0.717) is 24.1 Å². The van der Waals surface area contributed by atoms with Crippen molar-refractivity contribution in [1.82, 2.24) is 25.0 Å². The Bertz CT molecular complexity index is 959. The summed E-state index contributed by atoms with van der Waals surface area (Å²) in [6.07, 6.45) is 4.22. The van der Waals surface area contributed by atoms with Crippen LogP contribution in [0.25, 0.3) is 11.0 Å². The van der Waals surface area contributed by atoms with Crippen molar-refractivity contribution in [2.24, 2.45) is 0 Å². The van der Waals surface area contributed by atoms with E-state index >= 15 is 0 Å². The average molecular weight is 349 g/mol. The van der Waals surface area contributed by atoms with Crippen LogP contribution in [0.4, 0.5) is 0 Å². The number of imide groups is 1. The van der Waals surface area contributed by atoms with Crippen LogP contribution in [0.2, 0.25) is 0 Å². The summed E-state index contributed by atoms with van der Waals surface area (Å²) in [5, 5.41) is 7.77. The highest BCUT2D eigenvalue weighted by atomic mass is 16.2. The monoisotopic (exact) mass is 349 g/mol. The Morgan fingerprint density at radius 3 is 2.46 bits per heavy atom. The van der Waals surface area contributed by atoms with E-state index < -0.39 is 0 Å². The van der Waals surface area contributed by atoms with E-state index in [9.17, 15) is 9.59 Å². The van der Waals surface area contributed by atoms with E-state index in [1.54, 1.807) is 36.7 Å². The van der Waals surface area contributed by atoms with E-state index in [1.165, 1.54) is 4.90 Å². The number of benzene rings is 1. The molecule has 1 aliphatic rings. The minimum atomic E-state index is -0.221. The molecule has 0 bridgehead atoms. The first kappa shape index (κ1) is 16.4.